The normalized spacial score (nSPS) is 15.8. The number of benzene rings is 2. The Morgan fingerprint density at radius 1 is 1.00 bits per heavy atom. The molecular weight excluding hydrogens is 488 g/mol. The van der Waals surface area contributed by atoms with Crippen LogP contribution in [0.3, 0.4) is 0 Å². The first-order valence-corrected chi connectivity index (χ1v) is 12.0. The summed E-state index contributed by atoms with van der Waals surface area (Å²) >= 11 is 3.46. The van der Waals surface area contributed by atoms with Crippen LogP contribution in [0.2, 0.25) is 0 Å². The van der Waals surface area contributed by atoms with E-state index in [1.54, 1.807) is 0 Å². The maximum atomic E-state index is 12.0. The Bertz CT molecular complexity index is 1140. The number of hydrogen-bond acceptors (Lipinski definition) is 6. The number of carbonyl (C=O) groups is 1. The largest absolute Gasteiger partial charge is 0.454 e. The average molecular weight is 515 g/mol. The fourth-order valence-corrected chi connectivity index (χ4v) is 4.76. The first-order valence-electron chi connectivity index (χ1n) is 11.2. The predicted octanol–water partition coefficient (Wildman–Crippen LogP) is 4.41. The van der Waals surface area contributed by atoms with Gasteiger partial charge in [-0.15, -0.1) is 0 Å². The zero-order valence-corrected chi connectivity index (χ0v) is 19.9. The number of hydrogen-bond donors (Lipinski definition) is 1. The second kappa shape index (κ2) is 9.52. The molecule has 1 fully saturated rings. The van der Waals surface area contributed by atoms with Gasteiger partial charge in [0.1, 0.15) is 5.58 Å². The number of fused-ring (bicyclic) bond motifs is 2. The molecule has 174 valence electrons. The minimum absolute atomic E-state index is 0.299. The number of unbranched alkanes of at least 4 members (excludes halogenated alkanes) is 1. The van der Waals surface area contributed by atoms with E-state index in [9.17, 15) is 4.79 Å². The zero-order chi connectivity index (χ0) is 22.8. The summed E-state index contributed by atoms with van der Waals surface area (Å²) in [5.74, 6) is 2.14. The van der Waals surface area contributed by atoms with Gasteiger partial charge in [-0.3, -0.25) is 9.80 Å². The first kappa shape index (κ1) is 21.9. The topological polar surface area (TPSA) is 84.4 Å². The minimum Gasteiger partial charge on any atom is -0.454 e. The van der Waals surface area contributed by atoms with Gasteiger partial charge >= 0.3 is 6.03 Å². The fraction of sp³-hybridized carbons (Fsp3) is 0.375. The lowest BCUT2D eigenvalue weighted by atomic mass is 10.2. The average Bonchev–Trinajstić information content (AvgIpc) is 3.45. The van der Waals surface area contributed by atoms with Crippen LogP contribution < -0.4 is 25.0 Å². The molecule has 0 spiro atoms. The first-order chi connectivity index (χ1) is 16.1. The molecule has 2 aliphatic rings. The van der Waals surface area contributed by atoms with E-state index in [1.165, 1.54) is 10.6 Å². The van der Waals surface area contributed by atoms with Crippen molar-refractivity contribution >= 4 is 44.5 Å². The van der Waals surface area contributed by atoms with E-state index in [1.807, 2.05) is 30.3 Å². The molecule has 2 N–H and O–H groups in total. The van der Waals surface area contributed by atoms with Crippen LogP contribution in [0, 0.1) is 0 Å². The van der Waals surface area contributed by atoms with Gasteiger partial charge in [-0.25, -0.2) is 4.79 Å². The van der Waals surface area contributed by atoms with Crippen molar-refractivity contribution in [3.63, 3.8) is 0 Å². The van der Waals surface area contributed by atoms with Crippen LogP contribution in [0.5, 0.6) is 11.5 Å². The number of carbonyl (C=O) groups excluding carboxylic acids is 1. The molecule has 3 heterocycles. The lowest BCUT2D eigenvalue weighted by Crippen LogP contribution is -2.46. The quantitative estimate of drug-likeness (QED) is 0.470. The molecule has 0 saturated carbocycles. The second-order valence-electron chi connectivity index (χ2n) is 8.33. The Labute approximate surface area is 200 Å². The molecule has 5 rings (SSSR count). The van der Waals surface area contributed by atoms with Gasteiger partial charge in [-0.05, 0) is 49.7 Å². The molecule has 1 saturated heterocycles. The summed E-state index contributed by atoms with van der Waals surface area (Å²) in [6, 6.07) is 13.3. The van der Waals surface area contributed by atoms with E-state index >= 15 is 0 Å². The third kappa shape index (κ3) is 4.89. The molecule has 33 heavy (non-hydrogen) atoms. The number of piperazine rings is 1. The van der Waals surface area contributed by atoms with Crippen molar-refractivity contribution in [2.24, 2.45) is 5.73 Å². The standard InChI is InChI=1S/C24H27BrN4O4/c25-18-3-5-20-17(13-18)14-23(33-20)29(24(26)30)8-2-1-7-27-9-11-28(12-10-27)19-4-6-21-22(15-19)32-16-31-21/h3-6,13-15H,1-2,7-12,16H2,(H2,26,30). The molecule has 8 nitrogen and oxygen atoms in total. The van der Waals surface area contributed by atoms with Crippen LogP contribution >= 0.6 is 15.9 Å². The number of nitrogens with zero attached hydrogens (tertiary/aromatic N) is 3. The van der Waals surface area contributed by atoms with Crippen molar-refractivity contribution in [3.8, 4) is 11.5 Å². The van der Waals surface area contributed by atoms with Gasteiger partial charge in [0.2, 0.25) is 12.7 Å². The summed E-state index contributed by atoms with van der Waals surface area (Å²) in [6.07, 6.45) is 1.84. The van der Waals surface area contributed by atoms with Gasteiger partial charge in [0.05, 0.1) is 0 Å². The molecule has 0 unspecified atom stereocenters. The third-order valence-electron chi connectivity index (χ3n) is 6.20. The highest BCUT2D eigenvalue weighted by Gasteiger charge is 2.21. The third-order valence-corrected chi connectivity index (χ3v) is 6.69. The smallest absolute Gasteiger partial charge is 0.321 e. The SMILES string of the molecule is NC(=O)N(CCCCN1CCN(c2ccc3c(c2)OCO3)CC1)c1cc2cc(Br)ccc2o1. The minimum atomic E-state index is -0.495. The number of nitrogens with two attached hydrogens (primary N) is 1. The Balaban J connectivity index is 1.09. The molecule has 0 bridgehead atoms. The molecule has 1 aromatic heterocycles. The van der Waals surface area contributed by atoms with E-state index in [0.29, 0.717) is 19.2 Å². The highest BCUT2D eigenvalue weighted by Crippen LogP contribution is 2.35. The van der Waals surface area contributed by atoms with Gasteiger partial charge < -0.3 is 24.5 Å². The summed E-state index contributed by atoms with van der Waals surface area (Å²) < 4.78 is 17.7. The Kier molecular flexibility index (Phi) is 6.32. The molecule has 2 amide bonds. The van der Waals surface area contributed by atoms with E-state index < -0.39 is 6.03 Å². The summed E-state index contributed by atoms with van der Waals surface area (Å²) in [4.78, 5) is 18.4. The van der Waals surface area contributed by atoms with Crippen LogP contribution in [-0.4, -0.2) is 57.0 Å². The lowest BCUT2D eigenvalue weighted by molar-refractivity contribution is 0.174. The van der Waals surface area contributed by atoms with E-state index in [0.717, 1.165) is 72.5 Å². The summed E-state index contributed by atoms with van der Waals surface area (Å²) in [7, 11) is 0. The van der Waals surface area contributed by atoms with Crippen molar-refractivity contribution in [1.29, 1.82) is 0 Å². The van der Waals surface area contributed by atoms with Crippen LogP contribution in [0.4, 0.5) is 16.4 Å². The number of rotatable bonds is 7. The van der Waals surface area contributed by atoms with Gasteiger partial charge in [-0.2, -0.15) is 0 Å². The monoisotopic (exact) mass is 514 g/mol. The number of halogens is 1. The zero-order valence-electron chi connectivity index (χ0n) is 18.3. The molecule has 9 heteroatoms. The Morgan fingerprint density at radius 3 is 2.64 bits per heavy atom. The molecule has 2 aromatic carbocycles. The summed E-state index contributed by atoms with van der Waals surface area (Å²) in [6.45, 7) is 5.79. The van der Waals surface area contributed by atoms with Gasteiger partial charge in [0.25, 0.3) is 0 Å². The summed E-state index contributed by atoms with van der Waals surface area (Å²) in [5.41, 5.74) is 7.55. The Morgan fingerprint density at radius 2 is 1.82 bits per heavy atom. The van der Waals surface area contributed by atoms with Gasteiger partial charge in [0.15, 0.2) is 11.5 Å². The predicted molar refractivity (Wildman–Crippen MR) is 131 cm³/mol. The second-order valence-corrected chi connectivity index (χ2v) is 9.25. The number of furan rings is 1. The number of urea groups is 1. The molecule has 0 radical (unpaired) electrons. The molecule has 3 aromatic rings. The Hall–Kier alpha value is -2.91. The number of primary amides is 1. The highest BCUT2D eigenvalue weighted by atomic mass is 79.9. The number of ether oxygens (including phenoxy) is 2. The highest BCUT2D eigenvalue weighted by molar-refractivity contribution is 9.10. The van der Waals surface area contributed by atoms with Crippen LogP contribution in [0.1, 0.15) is 12.8 Å². The van der Waals surface area contributed by atoms with Crippen molar-refractivity contribution in [2.75, 3.05) is 55.9 Å². The van der Waals surface area contributed by atoms with Crippen molar-refractivity contribution in [1.82, 2.24) is 4.90 Å². The fourth-order valence-electron chi connectivity index (χ4n) is 4.38. The molecular formula is C24H27BrN4O4. The lowest BCUT2D eigenvalue weighted by Gasteiger charge is -2.36. The molecule has 0 atom stereocenters. The van der Waals surface area contributed by atoms with E-state index in [-0.39, 0.29) is 0 Å². The van der Waals surface area contributed by atoms with Crippen LogP contribution in [0.15, 0.2) is 51.4 Å². The van der Waals surface area contributed by atoms with Crippen LogP contribution in [-0.2, 0) is 0 Å². The molecule has 2 aliphatic heterocycles. The van der Waals surface area contributed by atoms with Gasteiger partial charge in [-0.1, -0.05) is 15.9 Å². The van der Waals surface area contributed by atoms with Gasteiger partial charge in [0, 0.05) is 60.4 Å². The van der Waals surface area contributed by atoms with Crippen LogP contribution in [0.25, 0.3) is 11.0 Å². The maximum Gasteiger partial charge on any atom is 0.321 e. The number of anilines is 2. The summed E-state index contributed by atoms with van der Waals surface area (Å²) in [5, 5.41) is 0.936. The molecule has 0 aliphatic carbocycles. The van der Waals surface area contributed by atoms with Crippen molar-refractivity contribution in [3.05, 3.63) is 46.9 Å². The van der Waals surface area contributed by atoms with Crippen molar-refractivity contribution < 1.29 is 18.7 Å². The van der Waals surface area contributed by atoms with E-state index in [4.69, 9.17) is 19.6 Å². The van der Waals surface area contributed by atoms with E-state index in [2.05, 4.69) is 37.9 Å². The number of amides is 2. The maximum absolute atomic E-state index is 12.0. The van der Waals surface area contributed by atoms with Crippen molar-refractivity contribution in [2.45, 2.75) is 12.8 Å².